The quantitative estimate of drug-likeness (QED) is 0.266. The van der Waals surface area contributed by atoms with Crippen LogP contribution >= 0.6 is 0 Å². The summed E-state index contributed by atoms with van der Waals surface area (Å²) in [5.41, 5.74) is 6.65. The third kappa shape index (κ3) is 6.70. The second-order valence-electron chi connectivity index (χ2n) is 15.2. The largest absolute Gasteiger partial charge is 0.461 e. The monoisotopic (exact) mass is 571 g/mol. The number of carbonyl (C=O) groups excluding carboxylic acids is 3. The number of nitrogens with zero attached hydrogens (tertiary/aromatic N) is 1. The molecular weight excluding hydrogens is 514 g/mol. The van der Waals surface area contributed by atoms with Gasteiger partial charge in [-0.05, 0) is 132 Å². The normalized spacial score (nSPS) is 37.6. The lowest BCUT2D eigenvalue weighted by Gasteiger charge is -2.61. The van der Waals surface area contributed by atoms with Gasteiger partial charge >= 0.3 is 5.97 Å². The summed E-state index contributed by atoms with van der Waals surface area (Å²) in [6, 6.07) is -0.694. The maximum Gasteiger partial charge on any atom is 0.328 e. The summed E-state index contributed by atoms with van der Waals surface area (Å²) < 4.78 is 6.15. The fourth-order valence-corrected chi connectivity index (χ4v) is 9.74. The van der Waals surface area contributed by atoms with Crippen molar-refractivity contribution < 1.29 is 19.1 Å². The molecule has 0 heterocycles. The molecule has 4 aliphatic carbocycles. The first-order valence-electron chi connectivity index (χ1n) is 16.4. The van der Waals surface area contributed by atoms with Crippen LogP contribution in [0.5, 0.6) is 0 Å². The van der Waals surface area contributed by atoms with Gasteiger partial charge in [0, 0.05) is 12.5 Å². The summed E-state index contributed by atoms with van der Waals surface area (Å²) in [6.45, 7) is 11.6. The number of rotatable bonds is 10. The Bertz CT molecular complexity index is 1010. The molecule has 0 aromatic heterocycles. The van der Waals surface area contributed by atoms with Crippen LogP contribution in [0.2, 0.25) is 0 Å². The number of esters is 1. The third-order valence-corrected chi connectivity index (χ3v) is 11.9. The highest BCUT2D eigenvalue weighted by Crippen LogP contribution is 2.67. The Labute approximate surface area is 248 Å². The first-order chi connectivity index (χ1) is 19.3. The van der Waals surface area contributed by atoms with Crippen LogP contribution < -0.4 is 11.1 Å². The zero-order chi connectivity index (χ0) is 30.1. The zero-order valence-corrected chi connectivity index (χ0v) is 26.8. The smallest absolute Gasteiger partial charge is 0.328 e. The minimum absolute atomic E-state index is 0.0981. The maximum absolute atomic E-state index is 13.4. The van der Waals surface area contributed by atoms with E-state index in [1.165, 1.54) is 32.1 Å². The van der Waals surface area contributed by atoms with Gasteiger partial charge in [-0.15, -0.1) is 0 Å². The average molecular weight is 572 g/mol. The first-order valence-corrected chi connectivity index (χ1v) is 16.4. The van der Waals surface area contributed by atoms with Gasteiger partial charge in [0.2, 0.25) is 0 Å². The van der Waals surface area contributed by atoms with Crippen molar-refractivity contribution in [3.05, 3.63) is 11.8 Å². The number of ketones is 1. The fraction of sp³-hybridized carbons (Fsp3) is 0.853. The molecule has 7 nitrogen and oxygen atoms in total. The van der Waals surface area contributed by atoms with Crippen LogP contribution in [0.4, 0.5) is 0 Å². The second kappa shape index (κ2) is 12.8. The highest BCUT2D eigenvalue weighted by molar-refractivity contribution is 5.95. The minimum Gasteiger partial charge on any atom is -0.461 e. The van der Waals surface area contributed by atoms with E-state index in [9.17, 15) is 14.4 Å². The van der Waals surface area contributed by atoms with Crippen LogP contribution in [-0.4, -0.2) is 55.3 Å². The number of Topliss-reactive ketones (excluding diaryl/α,β-unsaturated/α-hetero) is 1. The van der Waals surface area contributed by atoms with Crippen molar-refractivity contribution >= 4 is 17.7 Å². The van der Waals surface area contributed by atoms with Crippen LogP contribution in [-0.2, 0) is 19.1 Å². The molecular formula is C34H57N3O4. The number of carbonyl (C=O) groups is 3. The van der Waals surface area contributed by atoms with Gasteiger partial charge in [-0.2, -0.15) is 0 Å². The van der Waals surface area contributed by atoms with E-state index in [2.05, 4.69) is 19.2 Å². The molecule has 4 aliphatic rings. The number of nitrogens with two attached hydrogens (primary N) is 1. The molecule has 9 atom stereocenters. The predicted octanol–water partition coefficient (Wildman–Crippen LogP) is 5.47. The van der Waals surface area contributed by atoms with Gasteiger partial charge in [-0.25, -0.2) is 4.79 Å². The van der Waals surface area contributed by atoms with E-state index in [4.69, 9.17) is 10.5 Å². The third-order valence-electron chi connectivity index (χ3n) is 11.9. The molecule has 0 unspecified atom stereocenters. The van der Waals surface area contributed by atoms with E-state index < -0.39 is 11.9 Å². The van der Waals surface area contributed by atoms with Crippen molar-refractivity contribution in [1.29, 1.82) is 0 Å². The Morgan fingerprint density at radius 1 is 1.00 bits per heavy atom. The predicted molar refractivity (Wildman–Crippen MR) is 163 cm³/mol. The van der Waals surface area contributed by atoms with E-state index in [-0.39, 0.29) is 40.4 Å². The van der Waals surface area contributed by atoms with Crippen molar-refractivity contribution in [3.8, 4) is 0 Å². The Balaban J connectivity index is 1.37. The molecule has 4 fully saturated rings. The first kappa shape index (κ1) is 32.0. The lowest BCUT2D eigenvalue weighted by atomic mass is 9.44. The van der Waals surface area contributed by atoms with E-state index in [1.807, 2.05) is 32.8 Å². The summed E-state index contributed by atoms with van der Waals surface area (Å²) in [4.78, 5) is 40.7. The van der Waals surface area contributed by atoms with Gasteiger partial charge in [0.25, 0.3) is 5.91 Å². The molecule has 232 valence electrons. The number of fused-ring (bicyclic) bond motifs is 5. The van der Waals surface area contributed by atoms with Gasteiger partial charge in [-0.3, -0.25) is 9.59 Å². The summed E-state index contributed by atoms with van der Waals surface area (Å²) in [6.07, 6.45) is 12.8. The van der Waals surface area contributed by atoms with Crippen LogP contribution in [0, 0.1) is 46.3 Å². The summed E-state index contributed by atoms with van der Waals surface area (Å²) >= 11 is 0. The van der Waals surface area contributed by atoms with Gasteiger partial charge in [0.15, 0.2) is 0 Å². The van der Waals surface area contributed by atoms with Crippen molar-refractivity contribution in [1.82, 2.24) is 10.2 Å². The molecule has 0 spiro atoms. The molecule has 0 saturated heterocycles. The average Bonchev–Trinajstić information content (AvgIpc) is 3.25. The van der Waals surface area contributed by atoms with Crippen molar-refractivity contribution in [2.75, 3.05) is 20.6 Å². The Morgan fingerprint density at radius 3 is 2.34 bits per heavy atom. The van der Waals surface area contributed by atoms with E-state index in [0.717, 1.165) is 38.1 Å². The van der Waals surface area contributed by atoms with Gasteiger partial charge in [0.1, 0.15) is 17.9 Å². The Kier molecular flexibility index (Phi) is 9.98. The Morgan fingerprint density at radius 2 is 1.68 bits per heavy atom. The highest BCUT2D eigenvalue weighted by Gasteiger charge is 2.61. The minimum atomic E-state index is -0.694. The van der Waals surface area contributed by atoms with E-state index in [0.29, 0.717) is 36.4 Å². The highest BCUT2D eigenvalue weighted by atomic mass is 16.5. The molecule has 0 bridgehead atoms. The van der Waals surface area contributed by atoms with Crippen LogP contribution in [0.3, 0.4) is 0 Å². The zero-order valence-electron chi connectivity index (χ0n) is 26.8. The van der Waals surface area contributed by atoms with Crippen molar-refractivity contribution in [2.24, 2.45) is 52.1 Å². The molecule has 41 heavy (non-hydrogen) atoms. The lowest BCUT2D eigenvalue weighted by Crippen LogP contribution is -2.54. The van der Waals surface area contributed by atoms with Crippen molar-refractivity contribution in [2.45, 2.75) is 117 Å². The van der Waals surface area contributed by atoms with Crippen molar-refractivity contribution in [3.63, 3.8) is 0 Å². The number of nitrogens with one attached hydrogen (secondary N) is 1. The van der Waals surface area contributed by atoms with E-state index >= 15 is 0 Å². The molecule has 0 radical (unpaired) electrons. The Hall–Kier alpha value is -1.89. The molecule has 1 amide bonds. The van der Waals surface area contributed by atoms with E-state index in [1.54, 1.807) is 13.0 Å². The molecule has 7 heteroatoms. The fourth-order valence-electron chi connectivity index (χ4n) is 9.74. The number of amides is 1. The lowest BCUT2D eigenvalue weighted by molar-refractivity contribution is -0.166. The molecule has 4 saturated carbocycles. The molecule has 0 aliphatic heterocycles. The van der Waals surface area contributed by atoms with Crippen LogP contribution in [0.15, 0.2) is 11.8 Å². The SMILES string of the molecule is CC(=O)[C@H]1CC[C@H]2[C@@H]3CC[C@H]4C[C@H](OC(=O)[C@H](CC(C)C)NC(=O)/C(N)=C/CCN(C)C)CC[C@]4(C)[C@H]3CC[C@]12C. The van der Waals surface area contributed by atoms with Gasteiger partial charge in [0.05, 0.1) is 5.70 Å². The molecule has 0 aromatic rings. The maximum atomic E-state index is 13.4. The molecule has 0 aromatic carbocycles. The number of hydrogen-bond acceptors (Lipinski definition) is 6. The molecule has 4 rings (SSSR count). The molecule has 3 N–H and O–H groups in total. The van der Waals surface area contributed by atoms with Crippen LogP contribution in [0.1, 0.15) is 105 Å². The number of hydrogen-bond donors (Lipinski definition) is 2. The second-order valence-corrected chi connectivity index (χ2v) is 15.2. The standard InChI is InChI=1S/C34H57N3O4/c1-21(2)19-30(36-31(39)29(35)9-8-18-37(6)7)32(40)41-24-14-16-33(4)23(20-24)10-11-25-27-13-12-26(22(3)38)34(27,5)17-15-28(25)33/h9,21,23-28,30H,8,10-20,35H2,1-7H3,(H,36,39)/b29-9-/t23-,24+,25-,26+,27-,28-,30-,33-,34+/m0/s1. The summed E-state index contributed by atoms with van der Waals surface area (Å²) in [5.74, 6) is 2.80. The summed E-state index contributed by atoms with van der Waals surface area (Å²) in [7, 11) is 3.95. The number of ether oxygens (including phenoxy) is 1. The summed E-state index contributed by atoms with van der Waals surface area (Å²) in [5, 5.41) is 2.87. The van der Waals surface area contributed by atoms with Gasteiger partial charge in [-0.1, -0.05) is 33.8 Å². The van der Waals surface area contributed by atoms with Crippen LogP contribution in [0.25, 0.3) is 0 Å². The topological polar surface area (TPSA) is 102 Å². The van der Waals surface area contributed by atoms with Gasteiger partial charge < -0.3 is 20.7 Å².